The molecule has 27 heavy (non-hydrogen) atoms. The molecule has 5 N–H and O–H groups in total. The molecule has 2 aromatic heterocycles. The summed E-state index contributed by atoms with van der Waals surface area (Å²) in [5.41, 5.74) is 9.54. The number of nitrogens with zero attached hydrogens (tertiary/aromatic N) is 3. The van der Waals surface area contributed by atoms with E-state index in [2.05, 4.69) is 9.97 Å². The predicted octanol–water partition coefficient (Wildman–Crippen LogP) is -1.03. The van der Waals surface area contributed by atoms with Crippen LogP contribution in [0.2, 0.25) is 0 Å². The van der Waals surface area contributed by atoms with E-state index in [4.69, 9.17) is 20.7 Å². The molecule has 0 aliphatic rings. The summed E-state index contributed by atoms with van der Waals surface area (Å²) < 4.78 is 6.81. The number of esters is 1. The number of carboxylic acids is 1. The van der Waals surface area contributed by atoms with Crippen LogP contribution in [0.1, 0.15) is 22.0 Å². The number of rotatable bonds is 8. The summed E-state index contributed by atoms with van der Waals surface area (Å²) in [5.74, 6) is -1.87. The lowest BCUT2D eigenvalue weighted by Gasteiger charge is -2.12. The van der Waals surface area contributed by atoms with Gasteiger partial charge in [0.1, 0.15) is 11.6 Å². The Hall–Kier alpha value is -2.63. The van der Waals surface area contributed by atoms with Crippen molar-refractivity contribution in [2.45, 2.75) is 39.0 Å². The maximum Gasteiger partial charge on any atom is 0.338 e. The van der Waals surface area contributed by atoms with Gasteiger partial charge in [0.05, 0.1) is 17.0 Å². The van der Waals surface area contributed by atoms with Crippen LogP contribution >= 0.6 is 11.3 Å². The maximum atomic E-state index is 11.6. The zero-order chi connectivity index (χ0) is 20.1. The van der Waals surface area contributed by atoms with Gasteiger partial charge in [-0.3, -0.25) is 0 Å². The molecule has 2 rings (SSSR count). The van der Waals surface area contributed by atoms with E-state index in [1.807, 2.05) is 17.0 Å². The molecule has 11 heteroatoms. The number of ether oxygens (including phenoxy) is 1. The van der Waals surface area contributed by atoms with Gasteiger partial charge >= 0.3 is 11.9 Å². The molecule has 0 bridgehead atoms. The second-order valence-electron chi connectivity index (χ2n) is 5.83. The molecule has 2 aromatic rings. The van der Waals surface area contributed by atoms with Crippen molar-refractivity contribution in [1.82, 2.24) is 9.97 Å². The fourth-order valence-corrected chi connectivity index (χ4v) is 3.24. The Balaban J connectivity index is 1.93. The van der Waals surface area contributed by atoms with E-state index < -0.39 is 24.1 Å². The third kappa shape index (κ3) is 5.18. The van der Waals surface area contributed by atoms with Crippen molar-refractivity contribution in [1.29, 1.82) is 0 Å². The highest BCUT2D eigenvalue weighted by atomic mass is 32.1. The Labute approximate surface area is 158 Å². The van der Waals surface area contributed by atoms with E-state index in [1.165, 1.54) is 11.3 Å². The van der Waals surface area contributed by atoms with E-state index >= 15 is 0 Å². The van der Waals surface area contributed by atoms with E-state index in [-0.39, 0.29) is 6.61 Å². The van der Waals surface area contributed by atoms with Gasteiger partial charge < -0.3 is 25.8 Å². The highest BCUT2D eigenvalue weighted by Gasteiger charge is 2.31. The summed E-state index contributed by atoms with van der Waals surface area (Å²) in [7, 11) is 0. The van der Waals surface area contributed by atoms with Gasteiger partial charge in [0.25, 0.3) is 0 Å². The first-order valence-corrected chi connectivity index (χ1v) is 8.88. The number of carbonyl (C=O) groups is 2. The summed E-state index contributed by atoms with van der Waals surface area (Å²) in [4.78, 5) is 31.3. The SMILES string of the molecule is Cc1ncc(C[n+]2csc(CCOC(=O)C(O)C(O)C(=O)O)c2C)c(N)n1. The molecular weight excluding hydrogens is 376 g/mol. The third-order valence-corrected chi connectivity index (χ3v) is 5.03. The summed E-state index contributed by atoms with van der Waals surface area (Å²) in [6, 6.07) is 0. The van der Waals surface area contributed by atoms with Crippen molar-refractivity contribution in [3.05, 3.63) is 33.7 Å². The van der Waals surface area contributed by atoms with Gasteiger partial charge in [0.2, 0.25) is 5.51 Å². The molecule has 0 saturated heterocycles. The second-order valence-corrected chi connectivity index (χ2v) is 6.77. The number of aliphatic hydroxyl groups is 2. The number of thiazole rings is 1. The first-order valence-electron chi connectivity index (χ1n) is 8.00. The van der Waals surface area contributed by atoms with Gasteiger partial charge in [-0.1, -0.05) is 11.3 Å². The average Bonchev–Trinajstić information content (AvgIpc) is 2.96. The van der Waals surface area contributed by atoms with Crippen LogP contribution in [-0.2, 0) is 27.3 Å². The monoisotopic (exact) mass is 397 g/mol. The number of carbonyl (C=O) groups excluding carboxylic acids is 1. The second kappa shape index (κ2) is 8.84. The first kappa shape index (κ1) is 20.7. The lowest BCUT2D eigenvalue weighted by Crippen LogP contribution is -2.40. The van der Waals surface area contributed by atoms with Crippen LogP contribution in [0, 0.1) is 13.8 Å². The number of nitrogens with two attached hydrogens (primary N) is 1. The molecule has 2 unspecified atom stereocenters. The smallest absolute Gasteiger partial charge is 0.338 e. The highest BCUT2D eigenvalue weighted by Crippen LogP contribution is 2.14. The van der Waals surface area contributed by atoms with E-state index in [1.54, 1.807) is 13.1 Å². The predicted molar refractivity (Wildman–Crippen MR) is 93.8 cm³/mol. The Kier molecular flexibility index (Phi) is 6.77. The minimum absolute atomic E-state index is 0.0562. The van der Waals surface area contributed by atoms with Gasteiger partial charge in [0.15, 0.2) is 24.4 Å². The van der Waals surface area contributed by atoms with Gasteiger partial charge in [-0.05, 0) is 6.92 Å². The minimum atomic E-state index is -2.22. The Morgan fingerprint density at radius 2 is 2.04 bits per heavy atom. The number of aliphatic carboxylic acids is 1. The summed E-state index contributed by atoms with van der Waals surface area (Å²) in [6.07, 6.45) is -2.28. The molecule has 2 heterocycles. The number of aryl methyl sites for hydroxylation is 1. The zero-order valence-electron chi connectivity index (χ0n) is 14.8. The van der Waals surface area contributed by atoms with Crippen LogP contribution in [0.3, 0.4) is 0 Å². The van der Waals surface area contributed by atoms with Gasteiger partial charge in [-0.25, -0.2) is 19.6 Å². The fraction of sp³-hybridized carbons (Fsp3) is 0.438. The molecule has 0 saturated carbocycles. The van der Waals surface area contributed by atoms with Crippen molar-refractivity contribution in [2.24, 2.45) is 0 Å². The number of hydrogen-bond donors (Lipinski definition) is 4. The molecule has 146 valence electrons. The Morgan fingerprint density at radius 1 is 1.33 bits per heavy atom. The average molecular weight is 397 g/mol. The number of anilines is 1. The number of aromatic nitrogens is 3. The van der Waals surface area contributed by atoms with Crippen LogP contribution in [0.25, 0.3) is 0 Å². The highest BCUT2D eigenvalue weighted by molar-refractivity contribution is 7.09. The molecule has 0 amide bonds. The summed E-state index contributed by atoms with van der Waals surface area (Å²) in [6.45, 7) is 4.11. The number of nitrogen functional groups attached to an aromatic ring is 1. The largest absolute Gasteiger partial charge is 0.479 e. The molecule has 0 fully saturated rings. The topological polar surface area (TPSA) is 160 Å². The molecule has 0 aliphatic carbocycles. The molecule has 0 spiro atoms. The van der Waals surface area contributed by atoms with Crippen molar-refractivity contribution in [2.75, 3.05) is 12.3 Å². The van der Waals surface area contributed by atoms with E-state index in [0.717, 1.165) is 16.1 Å². The van der Waals surface area contributed by atoms with Crippen LogP contribution < -0.4 is 10.3 Å². The molecule has 0 aromatic carbocycles. The van der Waals surface area contributed by atoms with Crippen LogP contribution in [0.5, 0.6) is 0 Å². The van der Waals surface area contributed by atoms with E-state index in [0.29, 0.717) is 24.6 Å². The van der Waals surface area contributed by atoms with Crippen LogP contribution in [-0.4, -0.2) is 56.0 Å². The van der Waals surface area contributed by atoms with Crippen molar-refractivity contribution < 1.29 is 34.2 Å². The van der Waals surface area contributed by atoms with Crippen molar-refractivity contribution in [3.8, 4) is 0 Å². The number of carboxylic acid groups (broad SMARTS) is 1. The fourth-order valence-electron chi connectivity index (χ4n) is 2.26. The van der Waals surface area contributed by atoms with Gasteiger partial charge in [-0.15, -0.1) is 0 Å². The summed E-state index contributed by atoms with van der Waals surface area (Å²) >= 11 is 1.46. The van der Waals surface area contributed by atoms with Gasteiger partial charge in [0, 0.05) is 19.5 Å². The molecule has 10 nitrogen and oxygen atoms in total. The molecule has 2 atom stereocenters. The normalized spacial score (nSPS) is 13.2. The standard InChI is InChI=1S/C16H20N4O6S/c1-8-11(3-4-26-16(25)13(22)12(21)15(23)24)27-7-20(8)6-10-5-18-9(2)19-14(10)17/h5,7,12-13,21-22H,3-4,6H2,1-2H3,(H2-,17,18,19,23,24)/p+1. The van der Waals surface area contributed by atoms with E-state index in [9.17, 15) is 14.7 Å². The number of aliphatic hydroxyl groups excluding tert-OH is 2. The van der Waals surface area contributed by atoms with Crippen LogP contribution in [0.15, 0.2) is 11.7 Å². The van der Waals surface area contributed by atoms with Gasteiger partial charge in [-0.2, -0.15) is 4.57 Å². The minimum Gasteiger partial charge on any atom is -0.479 e. The number of hydrogen-bond acceptors (Lipinski definition) is 9. The Morgan fingerprint density at radius 3 is 2.67 bits per heavy atom. The molecule has 0 radical (unpaired) electrons. The maximum absolute atomic E-state index is 11.6. The Bertz CT molecular complexity index is 840. The van der Waals surface area contributed by atoms with Crippen LogP contribution in [0.4, 0.5) is 5.82 Å². The zero-order valence-corrected chi connectivity index (χ0v) is 15.6. The summed E-state index contributed by atoms with van der Waals surface area (Å²) in [5, 5.41) is 27.1. The quantitative estimate of drug-likeness (QED) is 0.322. The van der Waals surface area contributed by atoms with Crippen molar-refractivity contribution >= 4 is 29.1 Å². The first-order chi connectivity index (χ1) is 12.7. The lowest BCUT2D eigenvalue weighted by molar-refractivity contribution is -0.689. The molecule has 0 aliphatic heterocycles. The molecular formula is C16H21N4O6S+. The lowest BCUT2D eigenvalue weighted by atomic mass is 10.2. The third-order valence-electron chi connectivity index (χ3n) is 3.88. The van der Waals surface area contributed by atoms with Crippen molar-refractivity contribution in [3.63, 3.8) is 0 Å².